The third kappa shape index (κ3) is 7.42. The molecule has 286 valence electrons. The third-order valence-electron chi connectivity index (χ3n) is 11.2. The van der Waals surface area contributed by atoms with E-state index in [1.165, 1.54) is 4.90 Å². The second kappa shape index (κ2) is 17.0. The fraction of sp³-hybridized carbons (Fsp3) is 0.512. The summed E-state index contributed by atoms with van der Waals surface area (Å²) in [4.78, 5) is 63.7. The Bertz CT molecular complexity index is 1650. The van der Waals surface area contributed by atoms with Crippen molar-refractivity contribution in [2.24, 2.45) is 11.8 Å². The summed E-state index contributed by atoms with van der Waals surface area (Å²) >= 11 is 3.74. The second-order valence-electron chi connectivity index (χ2n) is 14.2. The quantitative estimate of drug-likeness (QED) is 0.131. The number of likely N-dealkylation sites (N-methyl/N-ethyl adjacent to an activating group) is 1. The van der Waals surface area contributed by atoms with Gasteiger partial charge < -0.3 is 34.2 Å². The predicted molar refractivity (Wildman–Crippen MR) is 209 cm³/mol. The number of aliphatic hydroxyl groups is 1. The minimum absolute atomic E-state index is 0.121. The molecule has 1 spiro atoms. The monoisotopic (exact) mass is 792 g/mol. The number of carbonyl (C=O) groups is 4. The van der Waals surface area contributed by atoms with E-state index in [1.54, 1.807) is 35.9 Å². The molecular formula is C41H53BrN4O7. The molecule has 3 saturated heterocycles. The molecule has 5 rings (SSSR count). The van der Waals surface area contributed by atoms with Gasteiger partial charge in [-0.15, -0.1) is 13.2 Å². The first kappa shape index (κ1) is 40.2. The molecule has 0 aliphatic carbocycles. The van der Waals surface area contributed by atoms with Gasteiger partial charge in [0.1, 0.15) is 17.7 Å². The Hall–Kier alpha value is -4.00. The van der Waals surface area contributed by atoms with E-state index in [4.69, 9.17) is 9.47 Å². The Morgan fingerprint density at radius 1 is 1.06 bits per heavy atom. The van der Waals surface area contributed by atoms with Gasteiger partial charge in [0.2, 0.25) is 11.8 Å². The molecule has 3 aliphatic rings. The lowest BCUT2D eigenvalue weighted by Crippen LogP contribution is -2.58. The Morgan fingerprint density at radius 2 is 1.70 bits per heavy atom. The Labute approximate surface area is 321 Å². The van der Waals surface area contributed by atoms with Crippen LogP contribution in [0.3, 0.4) is 0 Å². The van der Waals surface area contributed by atoms with Crippen LogP contribution in [0.25, 0.3) is 0 Å². The smallest absolute Gasteiger partial charge is 0.313 e. The molecule has 1 unspecified atom stereocenters. The number of likely N-dealkylation sites (tertiary alicyclic amines) is 1. The number of benzene rings is 2. The summed E-state index contributed by atoms with van der Waals surface area (Å²) in [5, 5.41) is 10.4. The molecular weight excluding hydrogens is 740 g/mol. The number of carbonyl (C=O) groups excluding carboxylic acids is 4. The van der Waals surface area contributed by atoms with Gasteiger partial charge in [-0.05, 0) is 70.4 Å². The maximum absolute atomic E-state index is 15.0. The molecule has 2 aromatic carbocycles. The number of halogens is 1. The van der Waals surface area contributed by atoms with E-state index < -0.39 is 66.3 Å². The highest BCUT2D eigenvalue weighted by atomic mass is 79.9. The van der Waals surface area contributed by atoms with Gasteiger partial charge in [0, 0.05) is 49.3 Å². The number of ether oxygens (including phenoxy) is 2. The minimum Gasteiger partial charge on any atom is -0.455 e. The summed E-state index contributed by atoms with van der Waals surface area (Å²) in [5.41, 5.74) is 0.970. The lowest BCUT2D eigenvalue weighted by Gasteiger charge is -2.38. The minimum atomic E-state index is -1.37. The highest BCUT2D eigenvalue weighted by molar-refractivity contribution is 9.09. The average Bonchev–Trinajstić information content (AvgIpc) is 3.78. The first-order chi connectivity index (χ1) is 25.4. The Balaban J connectivity index is 1.51. The number of rotatable bonds is 17. The molecule has 3 heterocycles. The molecule has 1 N–H and O–H groups in total. The van der Waals surface area contributed by atoms with Gasteiger partial charge in [0.15, 0.2) is 0 Å². The van der Waals surface area contributed by atoms with Crippen LogP contribution in [0, 0.1) is 11.8 Å². The van der Waals surface area contributed by atoms with Crippen LogP contribution in [0.5, 0.6) is 0 Å². The van der Waals surface area contributed by atoms with E-state index in [9.17, 15) is 24.3 Å². The summed E-state index contributed by atoms with van der Waals surface area (Å²) in [7, 11) is 1.68. The third-order valence-corrected chi connectivity index (χ3v) is 12.1. The fourth-order valence-corrected chi connectivity index (χ4v) is 9.28. The van der Waals surface area contributed by atoms with E-state index in [-0.39, 0.29) is 29.6 Å². The molecule has 9 atom stereocenters. The largest absolute Gasteiger partial charge is 0.455 e. The van der Waals surface area contributed by atoms with Crippen LogP contribution in [0.15, 0.2) is 79.9 Å². The van der Waals surface area contributed by atoms with Gasteiger partial charge in [0.05, 0.1) is 36.6 Å². The molecule has 11 nitrogen and oxygen atoms in total. The zero-order valence-corrected chi connectivity index (χ0v) is 33.0. The van der Waals surface area contributed by atoms with E-state index in [0.717, 1.165) is 18.8 Å². The number of nitrogens with zero attached hydrogens (tertiary/aromatic N) is 4. The van der Waals surface area contributed by atoms with Gasteiger partial charge in [-0.25, -0.2) is 0 Å². The van der Waals surface area contributed by atoms with Crippen LogP contribution in [-0.2, 0) is 28.7 Å². The standard InChI is InChI=1S/C41H53BrN4O7/c1-8-12-18-32(48)43(7)27(6)35(28-16-14-13-15-17-28)52-40(51)33-34-38(49)46(26(5)25-47)37(41(34)24-31(42)36(33)53-41)39(50)45(23-9-2)30-21-19-29(20-22-30)44(10-3)11-4/h8-9,13-17,19-22,26-27,31,33-37,47H,1-2,10-12,18,23-25H2,3-7H3/t26-,27+,31?,33-,34+,35-,36-,37-,41+/m1/s1. The second-order valence-corrected chi connectivity index (χ2v) is 15.4. The fourth-order valence-electron chi connectivity index (χ4n) is 8.33. The molecule has 0 radical (unpaired) electrons. The van der Waals surface area contributed by atoms with Crippen molar-refractivity contribution < 1.29 is 33.8 Å². The molecule has 0 aromatic heterocycles. The van der Waals surface area contributed by atoms with Crippen LogP contribution in [0.1, 0.15) is 58.6 Å². The number of aliphatic hydroxyl groups excluding tert-OH is 1. The topological polar surface area (TPSA) is 120 Å². The van der Waals surface area contributed by atoms with Crippen molar-refractivity contribution >= 4 is 51.0 Å². The highest BCUT2D eigenvalue weighted by Crippen LogP contribution is 2.61. The van der Waals surface area contributed by atoms with E-state index in [2.05, 4.69) is 47.8 Å². The van der Waals surface area contributed by atoms with Gasteiger partial charge >= 0.3 is 5.97 Å². The maximum atomic E-state index is 15.0. The molecule has 2 bridgehead atoms. The summed E-state index contributed by atoms with van der Waals surface area (Å²) in [6.45, 7) is 16.7. The van der Waals surface area contributed by atoms with Crippen molar-refractivity contribution in [3.63, 3.8) is 0 Å². The average molecular weight is 794 g/mol. The van der Waals surface area contributed by atoms with Crippen LogP contribution < -0.4 is 9.80 Å². The van der Waals surface area contributed by atoms with Crippen LogP contribution in [0.2, 0.25) is 0 Å². The highest BCUT2D eigenvalue weighted by Gasteiger charge is 2.77. The SMILES string of the molecule is C=CCCC(=O)N(C)[C@@H](C)[C@@H](OC(=O)[C@H]1[C@@H]2O[C@@]3(CC2Br)[C@@H]1C(=O)N([C@H](C)CO)[C@@H]3C(=O)N(CC=C)c1ccc(N(CC)CC)cc1)c1ccccc1. The van der Waals surface area contributed by atoms with E-state index >= 15 is 0 Å². The van der Waals surface area contributed by atoms with Crippen molar-refractivity contribution in [1.29, 1.82) is 0 Å². The van der Waals surface area contributed by atoms with Gasteiger partial charge in [-0.1, -0.05) is 58.4 Å². The lowest BCUT2D eigenvalue weighted by atomic mass is 9.70. The summed E-state index contributed by atoms with van der Waals surface area (Å²) in [6.07, 6.45) is 2.79. The zero-order valence-electron chi connectivity index (χ0n) is 31.4. The summed E-state index contributed by atoms with van der Waals surface area (Å²) < 4.78 is 13.1. The number of alkyl halides is 1. The van der Waals surface area contributed by atoms with Gasteiger partial charge in [-0.3, -0.25) is 19.2 Å². The first-order valence-electron chi connectivity index (χ1n) is 18.5. The van der Waals surface area contributed by atoms with Crippen molar-refractivity contribution in [3.05, 3.63) is 85.5 Å². The molecule has 0 saturated carbocycles. The summed E-state index contributed by atoms with van der Waals surface area (Å²) in [5.74, 6) is -3.68. The van der Waals surface area contributed by atoms with Crippen LogP contribution in [-0.4, -0.2) is 107 Å². The number of hydrogen-bond donors (Lipinski definition) is 1. The van der Waals surface area contributed by atoms with Crippen molar-refractivity contribution in [1.82, 2.24) is 9.80 Å². The van der Waals surface area contributed by atoms with E-state index in [1.807, 2.05) is 61.5 Å². The molecule has 3 fully saturated rings. The number of amides is 3. The molecule has 3 amide bonds. The molecule has 3 aliphatic heterocycles. The maximum Gasteiger partial charge on any atom is 0.313 e. The molecule has 2 aromatic rings. The zero-order chi connectivity index (χ0) is 38.6. The number of fused-ring (bicyclic) bond motifs is 1. The Morgan fingerprint density at radius 3 is 2.28 bits per heavy atom. The lowest BCUT2D eigenvalue weighted by molar-refractivity contribution is -0.165. The van der Waals surface area contributed by atoms with Gasteiger partial charge in [-0.2, -0.15) is 0 Å². The Kier molecular flexibility index (Phi) is 12.9. The van der Waals surface area contributed by atoms with Crippen LogP contribution in [0.4, 0.5) is 11.4 Å². The van der Waals surface area contributed by atoms with Gasteiger partial charge in [0.25, 0.3) is 5.91 Å². The van der Waals surface area contributed by atoms with E-state index in [0.29, 0.717) is 24.1 Å². The van der Waals surface area contributed by atoms with Crippen LogP contribution >= 0.6 is 15.9 Å². The van der Waals surface area contributed by atoms with Crippen molar-refractivity contribution in [2.75, 3.05) is 43.1 Å². The molecule has 12 heteroatoms. The number of hydrogen-bond acceptors (Lipinski definition) is 8. The first-order valence-corrected chi connectivity index (χ1v) is 19.5. The number of esters is 1. The number of anilines is 2. The normalized spacial score (nSPS) is 26.0. The predicted octanol–water partition coefficient (Wildman–Crippen LogP) is 5.28. The molecule has 53 heavy (non-hydrogen) atoms. The summed E-state index contributed by atoms with van der Waals surface area (Å²) in [6, 6.07) is 14.5. The van der Waals surface area contributed by atoms with Crippen molar-refractivity contribution in [2.45, 2.75) is 87.7 Å². The number of allylic oxidation sites excluding steroid dienone is 1. The van der Waals surface area contributed by atoms with Crippen molar-refractivity contribution in [3.8, 4) is 0 Å².